The van der Waals surface area contributed by atoms with Crippen molar-refractivity contribution in [2.45, 2.75) is 32.2 Å². The first-order valence-electron chi connectivity index (χ1n) is 7.79. The summed E-state index contributed by atoms with van der Waals surface area (Å²) in [5.41, 5.74) is 2.21. The Balaban J connectivity index is 1.89. The number of benzene rings is 1. The first-order chi connectivity index (χ1) is 11.1. The van der Waals surface area contributed by atoms with Gasteiger partial charge in [0.15, 0.2) is 0 Å². The average Bonchev–Trinajstić information content (AvgIpc) is 2.57. The number of halogens is 1. The Kier molecular flexibility index (Phi) is 4.76. The molecule has 1 aliphatic heterocycles. The SMILES string of the molecule is C[C@@H]1CCCCN1c1ccc(Cl)cc1NC(=O)c1ccnnc1. The lowest BCUT2D eigenvalue weighted by Gasteiger charge is -2.36. The van der Waals surface area contributed by atoms with Gasteiger partial charge in [0.25, 0.3) is 5.91 Å². The molecule has 1 aliphatic rings. The number of aromatic nitrogens is 2. The summed E-state index contributed by atoms with van der Waals surface area (Å²) in [7, 11) is 0. The van der Waals surface area contributed by atoms with E-state index < -0.39 is 0 Å². The van der Waals surface area contributed by atoms with Crippen LogP contribution in [0.2, 0.25) is 5.02 Å². The fourth-order valence-electron chi connectivity index (χ4n) is 2.93. The van der Waals surface area contributed by atoms with Crippen LogP contribution in [0.4, 0.5) is 11.4 Å². The standard InChI is InChI=1S/C17H19ClN4O/c1-12-4-2-3-9-22(12)16-6-5-14(18)10-15(16)21-17(23)13-7-8-19-20-11-13/h5-8,10-12H,2-4,9H2,1H3,(H,21,23)/t12-/m1/s1. The van der Waals surface area contributed by atoms with Crippen LogP contribution in [0, 0.1) is 0 Å². The van der Waals surface area contributed by atoms with Crippen molar-refractivity contribution in [3.63, 3.8) is 0 Å². The van der Waals surface area contributed by atoms with Crippen molar-refractivity contribution in [3.8, 4) is 0 Å². The van der Waals surface area contributed by atoms with Gasteiger partial charge in [-0.05, 0) is 50.5 Å². The van der Waals surface area contributed by atoms with E-state index in [9.17, 15) is 4.79 Å². The molecule has 5 nitrogen and oxygen atoms in total. The Hall–Kier alpha value is -2.14. The summed E-state index contributed by atoms with van der Waals surface area (Å²) in [5, 5.41) is 11.0. The van der Waals surface area contributed by atoms with Crippen LogP contribution in [-0.4, -0.2) is 28.7 Å². The van der Waals surface area contributed by atoms with Gasteiger partial charge in [-0.15, -0.1) is 0 Å². The highest BCUT2D eigenvalue weighted by atomic mass is 35.5. The molecule has 2 aromatic rings. The summed E-state index contributed by atoms with van der Waals surface area (Å²) < 4.78 is 0. The van der Waals surface area contributed by atoms with Gasteiger partial charge in [-0.25, -0.2) is 0 Å². The minimum Gasteiger partial charge on any atom is -0.367 e. The number of hydrogen-bond acceptors (Lipinski definition) is 4. The minimum absolute atomic E-state index is 0.215. The first kappa shape index (κ1) is 15.7. The summed E-state index contributed by atoms with van der Waals surface area (Å²) in [6, 6.07) is 7.72. The molecule has 0 radical (unpaired) electrons. The molecule has 2 heterocycles. The zero-order valence-electron chi connectivity index (χ0n) is 13.0. The van der Waals surface area contributed by atoms with E-state index >= 15 is 0 Å². The van der Waals surface area contributed by atoms with E-state index in [1.54, 1.807) is 12.1 Å². The smallest absolute Gasteiger partial charge is 0.257 e. The number of nitrogens with one attached hydrogen (secondary N) is 1. The minimum atomic E-state index is -0.215. The highest BCUT2D eigenvalue weighted by Crippen LogP contribution is 2.33. The third-order valence-corrected chi connectivity index (χ3v) is 4.40. The zero-order valence-corrected chi connectivity index (χ0v) is 13.8. The molecule has 1 aromatic heterocycles. The number of amides is 1. The Labute approximate surface area is 140 Å². The first-order valence-corrected chi connectivity index (χ1v) is 8.17. The number of anilines is 2. The number of rotatable bonds is 3. The maximum Gasteiger partial charge on any atom is 0.257 e. The lowest BCUT2D eigenvalue weighted by molar-refractivity contribution is 0.102. The highest BCUT2D eigenvalue weighted by Gasteiger charge is 2.22. The van der Waals surface area contributed by atoms with Crippen molar-refractivity contribution < 1.29 is 4.79 Å². The van der Waals surface area contributed by atoms with Crippen molar-refractivity contribution in [3.05, 3.63) is 47.2 Å². The van der Waals surface area contributed by atoms with Crippen molar-refractivity contribution >= 4 is 28.9 Å². The summed E-state index contributed by atoms with van der Waals surface area (Å²) in [4.78, 5) is 14.7. The Morgan fingerprint density at radius 2 is 2.17 bits per heavy atom. The van der Waals surface area contributed by atoms with Crippen LogP contribution in [0.3, 0.4) is 0 Å². The van der Waals surface area contributed by atoms with Gasteiger partial charge in [-0.2, -0.15) is 10.2 Å². The van der Waals surface area contributed by atoms with Crippen LogP contribution in [0.5, 0.6) is 0 Å². The van der Waals surface area contributed by atoms with Crippen LogP contribution in [-0.2, 0) is 0 Å². The fraction of sp³-hybridized carbons (Fsp3) is 0.353. The Bertz CT molecular complexity index is 692. The zero-order chi connectivity index (χ0) is 16.2. The van der Waals surface area contributed by atoms with Crippen LogP contribution in [0.1, 0.15) is 36.5 Å². The van der Waals surface area contributed by atoms with Gasteiger partial charge >= 0.3 is 0 Å². The van der Waals surface area contributed by atoms with Gasteiger partial charge < -0.3 is 10.2 Å². The van der Waals surface area contributed by atoms with Crippen LogP contribution < -0.4 is 10.2 Å². The van der Waals surface area contributed by atoms with E-state index in [0.717, 1.165) is 30.8 Å². The van der Waals surface area contributed by atoms with Gasteiger partial charge in [0.1, 0.15) is 0 Å². The molecule has 6 heteroatoms. The molecule has 1 aromatic carbocycles. The molecule has 1 amide bonds. The number of piperidine rings is 1. The molecule has 1 fully saturated rings. The lowest BCUT2D eigenvalue weighted by Crippen LogP contribution is -2.38. The van der Waals surface area contributed by atoms with E-state index in [2.05, 4.69) is 27.3 Å². The molecule has 0 bridgehead atoms. The Morgan fingerprint density at radius 1 is 1.30 bits per heavy atom. The molecule has 3 rings (SSSR count). The van der Waals surface area contributed by atoms with E-state index in [-0.39, 0.29) is 5.91 Å². The number of nitrogens with zero attached hydrogens (tertiary/aromatic N) is 3. The van der Waals surface area contributed by atoms with Crippen LogP contribution in [0.15, 0.2) is 36.7 Å². The highest BCUT2D eigenvalue weighted by molar-refractivity contribution is 6.31. The maximum atomic E-state index is 12.4. The largest absolute Gasteiger partial charge is 0.367 e. The lowest BCUT2D eigenvalue weighted by atomic mass is 10.0. The van der Waals surface area contributed by atoms with Crippen LogP contribution >= 0.6 is 11.6 Å². The number of hydrogen-bond donors (Lipinski definition) is 1. The third-order valence-electron chi connectivity index (χ3n) is 4.17. The summed E-state index contributed by atoms with van der Waals surface area (Å²) in [6.45, 7) is 3.20. The van der Waals surface area contributed by atoms with E-state index in [1.165, 1.54) is 18.8 Å². The molecule has 0 aliphatic carbocycles. The molecule has 1 atom stereocenters. The quantitative estimate of drug-likeness (QED) is 0.931. The molecule has 0 unspecified atom stereocenters. The second kappa shape index (κ2) is 6.96. The predicted molar refractivity (Wildman–Crippen MR) is 92.1 cm³/mol. The van der Waals surface area contributed by atoms with Gasteiger partial charge in [0.05, 0.1) is 29.3 Å². The summed E-state index contributed by atoms with van der Waals surface area (Å²) in [6.07, 6.45) is 6.51. The number of carbonyl (C=O) groups is 1. The van der Waals surface area contributed by atoms with Crippen molar-refractivity contribution in [2.75, 3.05) is 16.8 Å². The van der Waals surface area contributed by atoms with E-state index in [4.69, 9.17) is 11.6 Å². The van der Waals surface area contributed by atoms with E-state index in [0.29, 0.717) is 16.6 Å². The molecule has 120 valence electrons. The summed E-state index contributed by atoms with van der Waals surface area (Å²) >= 11 is 6.13. The van der Waals surface area contributed by atoms with Gasteiger partial charge in [0, 0.05) is 17.6 Å². The third kappa shape index (κ3) is 3.62. The monoisotopic (exact) mass is 330 g/mol. The molecular weight excluding hydrogens is 312 g/mol. The molecular formula is C17H19ClN4O. The summed E-state index contributed by atoms with van der Waals surface area (Å²) in [5.74, 6) is -0.215. The van der Waals surface area contributed by atoms with Crippen molar-refractivity contribution in [1.82, 2.24) is 10.2 Å². The molecule has 23 heavy (non-hydrogen) atoms. The van der Waals surface area contributed by atoms with Crippen molar-refractivity contribution in [1.29, 1.82) is 0 Å². The van der Waals surface area contributed by atoms with Crippen LogP contribution in [0.25, 0.3) is 0 Å². The molecule has 0 saturated carbocycles. The van der Waals surface area contributed by atoms with Gasteiger partial charge in [-0.3, -0.25) is 4.79 Å². The maximum absolute atomic E-state index is 12.4. The van der Waals surface area contributed by atoms with Gasteiger partial charge in [0.2, 0.25) is 0 Å². The molecule has 1 N–H and O–H groups in total. The van der Waals surface area contributed by atoms with E-state index in [1.807, 2.05) is 12.1 Å². The average molecular weight is 331 g/mol. The topological polar surface area (TPSA) is 58.1 Å². The molecule has 0 spiro atoms. The Morgan fingerprint density at radius 3 is 2.91 bits per heavy atom. The molecule has 1 saturated heterocycles. The fourth-order valence-corrected chi connectivity index (χ4v) is 3.11. The second-order valence-electron chi connectivity index (χ2n) is 5.78. The second-order valence-corrected chi connectivity index (χ2v) is 6.22. The van der Waals surface area contributed by atoms with Crippen molar-refractivity contribution in [2.24, 2.45) is 0 Å². The number of carbonyl (C=O) groups excluding carboxylic acids is 1. The predicted octanol–water partition coefficient (Wildman–Crippen LogP) is 3.76. The van der Waals surface area contributed by atoms with Gasteiger partial charge in [-0.1, -0.05) is 11.6 Å². The normalized spacial score (nSPS) is 17.8.